The monoisotopic (exact) mass is 370 g/mol. The van der Waals surface area contributed by atoms with Crippen molar-refractivity contribution >= 4 is 17.5 Å². The Morgan fingerprint density at radius 2 is 2.00 bits per heavy atom. The third-order valence-corrected chi connectivity index (χ3v) is 3.71. The Bertz CT molecular complexity index is 819. The van der Waals surface area contributed by atoms with Crippen LogP contribution in [0.2, 0.25) is 0 Å². The van der Waals surface area contributed by atoms with E-state index in [0.29, 0.717) is 0 Å². The first-order chi connectivity index (χ1) is 12.1. The zero-order valence-electron chi connectivity index (χ0n) is 14.0. The van der Waals surface area contributed by atoms with Gasteiger partial charge in [-0.15, -0.1) is 0 Å². The predicted molar refractivity (Wildman–Crippen MR) is 86.2 cm³/mol. The Labute approximate surface area is 146 Å². The van der Waals surface area contributed by atoms with Crippen molar-refractivity contribution in [3.05, 3.63) is 48.0 Å². The Kier molecular flexibility index (Phi) is 5.36. The van der Waals surface area contributed by atoms with Crippen molar-refractivity contribution in [2.75, 3.05) is 12.4 Å². The second kappa shape index (κ2) is 7.16. The number of aryl methyl sites for hydroxylation is 1. The molecule has 0 fully saturated rings. The molecule has 0 spiro atoms. The quantitative estimate of drug-likeness (QED) is 0.744. The van der Waals surface area contributed by atoms with E-state index >= 15 is 0 Å². The largest absolute Gasteiger partial charge is 0.425 e. The summed E-state index contributed by atoms with van der Waals surface area (Å²) in [5.74, 6) is -2.19. The molecular weight excluding hydrogens is 353 g/mol. The van der Waals surface area contributed by atoms with Crippen LogP contribution in [0.1, 0.15) is 22.6 Å². The molecule has 3 N–H and O–H groups in total. The summed E-state index contributed by atoms with van der Waals surface area (Å²) in [7, 11) is 2.70. The van der Waals surface area contributed by atoms with E-state index in [-0.39, 0.29) is 11.3 Å². The fraction of sp³-hybridized carbons (Fsp3) is 0.312. The molecule has 0 bridgehead atoms. The number of amides is 2. The lowest BCUT2D eigenvalue weighted by molar-refractivity contribution is -0.270. The number of rotatable bonds is 5. The van der Waals surface area contributed by atoms with Gasteiger partial charge in [0.2, 0.25) is 11.5 Å². The number of imidazole rings is 1. The van der Waals surface area contributed by atoms with Gasteiger partial charge in [-0.2, -0.15) is 13.2 Å². The maximum Gasteiger partial charge on any atom is 0.425 e. The number of aromatic nitrogens is 2. The summed E-state index contributed by atoms with van der Waals surface area (Å²) in [5.41, 5.74) is -3.10. The van der Waals surface area contributed by atoms with Crippen LogP contribution in [0.3, 0.4) is 0 Å². The third-order valence-electron chi connectivity index (χ3n) is 3.71. The van der Waals surface area contributed by atoms with Crippen LogP contribution in [-0.4, -0.2) is 39.7 Å². The van der Waals surface area contributed by atoms with Crippen LogP contribution in [0, 0.1) is 0 Å². The maximum atomic E-state index is 13.4. The molecule has 26 heavy (non-hydrogen) atoms. The summed E-state index contributed by atoms with van der Waals surface area (Å²) in [6.45, 7) is 0. The van der Waals surface area contributed by atoms with E-state index in [1.165, 1.54) is 44.6 Å². The number of aliphatic hydroxyl groups is 1. The first kappa shape index (κ1) is 19.4. The Hall–Kier alpha value is -2.88. The predicted octanol–water partition coefficient (Wildman–Crippen LogP) is 1.56. The fourth-order valence-corrected chi connectivity index (χ4v) is 2.39. The number of carbonyl (C=O) groups excluding carboxylic acids is 2. The molecule has 0 aliphatic rings. The van der Waals surface area contributed by atoms with Crippen molar-refractivity contribution in [3.63, 3.8) is 0 Å². The maximum absolute atomic E-state index is 13.4. The number of carbonyl (C=O) groups is 2. The van der Waals surface area contributed by atoms with E-state index in [4.69, 9.17) is 0 Å². The van der Waals surface area contributed by atoms with Gasteiger partial charge in [-0.25, -0.2) is 4.98 Å². The van der Waals surface area contributed by atoms with Gasteiger partial charge in [0.1, 0.15) is 0 Å². The van der Waals surface area contributed by atoms with Crippen LogP contribution in [0.5, 0.6) is 0 Å². The minimum Gasteiger partial charge on any atom is -0.374 e. The lowest BCUT2D eigenvalue weighted by Gasteiger charge is -2.29. The molecule has 140 valence electrons. The van der Waals surface area contributed by atoms with E-state index in [1.54, 1.807) is 0 Å². The molecule has 1 atom stereocenters. The zero-order chi connectivity index (χ0) is 19.5. The number of halogens is 3. The smallest absolute Gasteiger partial charge is 0.374 e. The summed E-state index contributed by atoms with van der Waals surface area (Å²) < 4.78 is 41.3. The molecule has 0 aliphatic carbocycles. The average molecular weight is 370 g/mol. The molecule has 0 saturated heterocycles. The van der Waals surface area contributed by atoms with Crippen molar-refractivity contribution in [2.45, 2.75) is 18.2 Å². The molecule has 2 aromatic rings. The molecule has 0 radical (unpaired) electrons. The number of alkyl halides is 3. The van der Waals surface area contributed by atoms with Crippen LogP contribution in [0.25, 0.3) is 0 Å². The minimum absolute atomic E-state index is 0.125. The second-order valence-corrected chi connectivity index (χ2v) is 5.60. The SMILES string of the molecule is CNC(=O)c1cccc(NC(=O)C[C@@](O)(c2nccn2C)C(F)(F)F)c1. The zero-order valence-corrected chi connectivity index (χ0v) is 14.0. The molecule has 2 amide bonds. The minimum atomic E-state index is -5.12. The van der Waals surface area contributed by atoms with Crippen LogP contribution in [-0.2, 0) is 17.4 Å². The number of hydrogen-bond donors (Lipinski definition) is 3. The fourth-order valence-electron chi connectivity index (χ4n) is 2.39. The van der Waals surface area contributed by atoms with Crippen LogP contribution in [0.4, 0.5) is 18.9 Å². The van der Waals surface area contributed by atoms with Crippen LogP contribution in [0.15, 0.2) is 36.7 Å². The molecule has 0 unspecified atom stereocenters. The third kappa shape index (κ3) is 3.85. The highest BCUT2D eigenvalue weighted by Gasteiger charge is 2.58. The highest BCUT2D eigenvalue weighted by atomic mass is 19.4. The lowest BCUT2D eigenvalue weighted by atomic mass is 9.97. The van der Waals surface area contributed by atoms with E-state index in [0.717, 1.165) is 10.8 Å². The molecular formula is C16H17F3N4O3. The van der Waals surface area contributed by atoms with Gasteiger partial charge in [0.15, 0.2) is 5.82 Å². The number of benzene rings is 1. The van der Waals surface area contributed by atoms with Gasteiger partial charge in [-0.3, -0.25) is 9.59 Å². The number of anilines is 1. The number of nitrogens with zero attached hydrogens (tertiary/aromatic N) is 2. The van der Waals surface area contributed by atoms with Crippen LogP contribution >= 0.6 is 0 Å². The van der Waals surface area contributed by atoms with E-state index < -0.39 is 35.8 Å². The summed E-state index contributed by atoms with van der Waals surface area (Å²) in [4.78, 5) is 27.2. The molecule has 1 heterocycles. The Balaban J connectivity index is 2.24. The highest BCUT2D eigenvalue weighted by molar-refractivity contribution is 5.97. The molecule has 10 heteroatoms. The summed E-state index contributed by atoms with van der Waals surface area (Å²) in [5, 5.41) is 14.8. The summed E-state index contributed by atoms with van der Waals surface area (Å²) in [6, 6.07) is 5.67. The number of hydrogen-bond acceptors (Lipinski definition) is 4. The first-order valence-corrected chi connectivity index (χ1v) is 7.47. The van der Waals surface area contributed by atoms with Crippen LogP contribution < -0.4 is 10.6 Å². The standard InChI is InChI=1S/C16H17F3N4O3/c1-20-13(25)10-4-3-5-11(8-10)22-12(24)9-15(26,16(17,18)19)14-21-6-7-23(14)2/h3-8,26H,9H2,1-2H3,(H,20,25)(H,22,24)/t15-/m1/s1. The number of nitrogens with one attached hydrogen (secondary N) is 2. The van der Waals surface area contributed by atoms with Crippen molar-refractivity contribution in [1.29, 1.82) is 0 Å². The van der Waals surface area contributed by atoms with Crippen molar-refractivity contribution < 1.29 is 27.9 Å². The van der Waals surface area contributed by atoms with Gasteiger partial charge >= 0.3 is 6.18 Å². The van der Waals surface area contributed by atoms with E-state index in [2.05, 4.69) is 15.6 Å². The average Bonchev–Trinajstić information content (AvgIpc) is 2.99. The molecule has 2 rings (SSSR count). The molecule has 0 aliphatic heterocycles. The summed E-state index contributed by atoms with van der Waals surface area (Å²) in [6.07, 6.45) is -4.08. The van der Waals surface area contributed by atoms with Crippen molar-refractivity contribution in [1.82, 2.24) is 14.9 Å². The van der Waals surface area contributed by atoms with Gasteiger partial charge < -0.3 is 20.3 Å². The van der Waals surface area contributed by atoms with E-state index in [9.17, 15) is 27.9 Å². The van der Waals surface area contributed by atoms with Crippen molar-refractivity contribution in [2.24, 2.45) is 7.05 Å². The molecule has 1 aromatic carbocycles. The van der Waals surface area contributed by atoms with Gasteiger partial charge in [0.25, 0.3) is 5.91 Å². The molecule has 0 saturated carbocycles. The van der Waals surface area contributed by atoms with Gasteiger partial charge in [0, 0.05) is 37.7 Å². The van der Waals surface area contributed by atoms with E-state index in [1.807, 2.05) is 0 Å². The molecule has 7 nitrogen and oxygen atoms in total. The van der Waals surface area contributed by atoms with Gasteiger partial charge in [0.05, 0.1) is 6.42 Å². The lowest BCUT2D eigenvalue weighted by Crippen LogP contribution is -2.46. The summed E-state index contributed by atoms with van der Waals surface area (Å²) >= 11 is 0. The van der Waals surface area contributed by atoms with Crippen molar-refractivity contribution in [3.8, 4) is 0 Å². The Morgan fingerprint density at radius 3 is 2.54 bits per heavy atom. The van der Waals surface area contributed by atoms with Gasteiger partial charge in [-0.05, 0) is 18.2 Å². The molecule has 1 aromatic heterocycles. The first-order valence-electron chi connectivity index (χ1n) is 7.47. The highest BCUT2D eigenvalue weighted by Crippen LogP contribution is 2.40. The topological polar surface area (TPSA) is 96.2 Å². The van der Waals surface area contributed by atoms with Gasteiger partial charge in [-0.1, -0.05) is 6.07 Å². The Morgan fingerprint density at radius 1 is 1.31 bits per heavy atom. The second-order valence-electron chi connectivity index (χ2n) is 5.60. The normalized spacial score (nSPS) is 13.8.